The summed E-state index contributed by atoms with van der Waals surface area (Å²) in [6.45, 7) is 3.68. The van der Waals surface area contributed by atoms with E-state index in [-0.39, 0.29) is 12.7 Å². The van der Waals surface area contributed by atoms with Crippen LogP contribution >= 0.6 is 0 Å². The van der Waals surface area contributed by atoms with E-state index in [0.717, 1.165) is 19.4 Å². The van der Waals surface area contributed by atoms with E-state index >= 15 is 0 Å². The van der Waals surface area contributed by atoms with Crippen LogP contribution in [0.4, 0.5) is 0 Å². The lowest BCUT2D eigenvalue weighted by Crippen LogP contribution is -2.19. The molecule has 1 unspecified atom stereocenters. The standard InChI is InChI=1S/C9H20O3/c1-3-4-7-12-8-9(11-2)5-6-10/h9-10H,3-8H2,1-2H3. The molecule has 0 amide bonds. The molecule has 12 heavy (non-hydrogen) atoms. The Bertz CT molecular complexity index is 85.8. The lowest BCUT2D eigenvalue weighted by molar-refractivity contribution is -0.00378. The van der Waals surface area contributed by atoms with Crippen LogP contribution < -0.4 is 0 Å². The molecule has 0 aromatic carbocycles. The van der Waals surface area contributed by atoms with Gasteiger partial charge < -0.3 is 14.6 Å². The molecule has 0 bridgehead atoms. The van der Waals surface area contributed by atoms with E-state index in [9.17, 15) is 0 Å². The molecule has 0 spiro atoms. The number of aliphatic hydroxyl groups is 1. The van der Waals surface area contributed by atoms with E-state index in [4.69, 9.17) is 14.6 Å². The smallest absolute Gasteiger partial charge is 0.0826 e. The van der Waals surface area contributed by atoms with E-state index in [1.165, 1.54) is 0 Å². The molecule has 0 aromatic rings. The molecule has 3 nitrogen and oxygen atoms in total. The van der Waals surface area contributed by atoms with Crippen molar-refractivity contribution in [2.24, 2.45) is 0 Å². The maximum absolute atomic E-state index is 8.63. The monoisotopic (exact) mass is 176 g/mol. The van der Waals surface area contributed by atoms with Gasteiger partial charge >= 0.3 is 0 Å². The Morgan fingerprint density at radius 2 is 2.17 bits per heavy atom. The maximum atomic E-state index is 8.63. The van der Waals surface area contributed by atoms with Crippen molar-refractivity contribution in [2.75, 3.05) is 26.9 Å². The first-order chi connectivity index (χ1) is 5.85. The normalized spacial score (nSPS) is 13.2. The van der Waals surface area contributed by atoms with E-state index in [1.54, 1.807) is 7.11 Å². The maximum Gasteiger partial charge on any atom is 0.0826 e. The fourth-order valence-corrected chi connectivity index (χ4v) is 0.874. The lowest BCUT2D eigenvalue weighted by Gasteiger charge is -2.13. The molecule has 0 aromatic heterocycles. The fourth-order valence-electron chi connectivity index (χ4n) is 0.874. The van der Waals surface area contributed by atoms with Gasteiger partial charge in [0, 0.05) is 20.3 Å². The highest BCUT2D eigenvalue weighted by Crippen LogP contribution is 1.98. The summed E-state index contributed by atoms with van der Waals surface area (Å²) in [6, 6.07) is 0. The molecule has 0 heterocycles. The molecule has 0 saturated heterocycles. The Morgan fingerprint density at radius 1 is 1.42 bits per heavy atom. The van der Waals surface area contributed by atoms with Crippen LogP contribution in [0.1, 0.15) is 26.2 Å². The predicted molar refractivity (Wildman–Crippen MR) is 48.2 cm³/mol. The highest BCUT2D eigenvalue weighted by Gasteiger charge is 2.05. The SMILES string of the molecule is CCCCOCC(CCO)OC. The molecule has 0 rings (SSSR count). The second-order valence-corrected chi connectivity index (χ2v) is 2.80. The average Bonchev–Trinajstić information content (AvgIpc) is 2.10. The van der Waals surface area contributed by atoms with Gasteiger partial charge in [0.1, 0.15) is 0 Å². The second kappa shape index (κ2) is 8.97. The van der Waals surface area contributed by atoms with Crippen LogP contribution in [0.25, 0.3) is 0 Å². The Morgan fingerprint density at radius 3 is 2.67 bits per heavy atom. The largest absolute Gasteiger partial charge is 0.396 e. The van der Waals surface area contributed by atoms with Crippen LogP contribution in [0, 0.1) is 0 Å². The number of rotatable bonds is 8. The minimum absolute atomic E-state index is 0.0480. The molecule has 0 radical (unpaired) electrons. The van der Waals surface area contributed by atoms with Gasteiger partial charge in [-0.05, 0) is 12.8 Å². The van der Waals surface area contributed by atoms with Crippen molar-refractivity contribution in [3.05, 3.63) is 0 Å². The minimum atomic E-state index is 0.0480. The van der Waals surface area contributed by atoms with Crippen molar-refractivity contribution >= 4 is 0 Å². The number of hydrogen-bond donors (Lipinski definition) is 1. The zero-order chi connectivity index (χ0) is 9.23. The molecule has 0 aliphatic rings. The Labute approximate surface area is 74.7 Å². The third-order valence-corrected chi connectivity index (χ3v) is 1.73. The number of hydrogen-bond acceptors (Lipinski definition) is 3. The zero-order valence-electron chi connectivity index (χ0n) is 8.08. The number of aliphatic hydroxyl groups excluding tert-OH is 1. The predicted octanol–water partition coefficient (Wildman–Crippen LogP) is 1.20. The minimum Gasteiger partial charge on any atom is -0.396 e. The van der Waals surface area contributed by atoms with Crippen molar-refractivity contribution in [2.45, 2.75) is 32.3 Å². The zero-order valence-corrected chi connectivity index (χ0v) is 8.08. The molecule has 1 atom stereocenters. The summed E-state index contributed by atoms with van der Waals surface area (Å²) < 4.78 is 10.4. The van der Waals surface area contributed by atoms with Crippen LogP contribution in [0.15, 0.2) is 0 Å². The molecule has 0 fully saturated rings. The summed E-state index contributed by atoms with van der Waals surface area (Å²) in [5.41, 5.74) is 0. The van der Waals surface area contributed by atoms with Gasteiger partial charge in [0.05, 0.1) is 12.7 Å². The van der Waals surface area contributed by atoms with Crippen molar-refractivity contribution in [3.8, 4) is 0 Å². The summed E-state index contributed by atoms with van der Waals surface area (Å²) in [7, 11) is 1.64. The molecule has 3 heteroatoms. The highest BCUT2D eigenvalue weighted by atomic mass is 16.5. The molecular formula is C9H20O3. The van der Waals surface area contributed by atoms with Crippen molar-refractivity contribution in [1.82, 2.24) is 0 Å². The van der Waals surface area contributed by atoms with Gasteiger partial charge in [-0.3, -0.25) is 0 Å². The van der Waals surface area contributed by atoms with Gasteiger partial charge in [0.25, 0.3) is 0 Å². The van der Waals surface area contributed by atoms with E-state index in [1.807, 2.05) is 0 Å². The molecule has 0 aliphatic carbocycles. The van der Waals surface area contributed by atoms with Gasteiger partial charge in [-0.25, -0.2) is 0 Å². The number of ether oxygens (including phenoxy) is 2. The number of methoxy groups -OCH3 is 1. The summed E-state index contributed by atoms with van der Waals surface area (Å²) in [4.78, 5) is 0. The average molecular weight is 176 g/mol. The topological polar surface area (TPSA) is 38.7 Å². The first kappa shape index (κ1) is 11.9. The fraction of sp³-hybridized carbons (Fsp3) is 1.00. The van der Waals surface area contributed by atoms with Crippen LogP contribution in [-0.4, -0.2) is 38.1 Å². The lowest BCUT2D eigenvalue weighted by atomic mass is 10.3. The first-order valence-electron chi connectivity index (χ1n) is 4.56. The number of unbranched alkanes of at least 4 members (excludes halogenated alkanes) is 1. The molecule has 1 N–H and O–H groups in total. The van der Waals surface area contributed by atoms with Crippen molar-refractivity contribution in [1.29, 1.82) is 0 Å². The summed E-state index contributed by atoms with van der Waals surface area (Å²) >= 11 is 0. The van der Waals surface area contributed by atoms with Crippen molar-refractivity contribution < 1.29 is 14.6 Å². The Kier molecular flexibility index (Phi) is 8.88. The van der Waals surface area contributed by atoms with Crippen LogP contribution in [-0.2, 0) is 9.47 Å². The third-order valence-electron chi connectivity index (χ3n) is 1.73. The summed E-state index contributed by atoms with van der Waals surface area (Å²) in [6.07, 6.45) is 2.95. The first-order valence-corrected chi connectivity index (χ1v) is 4.56. The second-order valence-electron chi connectivity index (χ2n) is 2.80. The Balaban J connectivity index is 3.19. The van der Waals surface area contributed by atoms with E-state index in [2.05, 4.69) is 6.92 Å². The molecule has 74 valence electrons. The molecule has 0 aliphatic heterocycles. The van der Waals surface area contributed by atoms with E-state index < -0.39 is 0 Å². The van der Waals surface area contributed by atoms with Crippen LogP contribution in [0.2, 0.25) is 0 Å². The highest BCUT2D eigenvalue weighted by molar-refractivity contribution is 4.54. The van der Waals surface area contributed by atoms with Gasteiger partial charge in [0.2, 0.25) is 0 Å². The molecular weight excluding hydrogens is 156 g/mol. The van der Waals surface area contributed by atoms with Gasteiger partial charge in [-0.2, -0.15) is 0 Å². The third kappa shape index (κ3) is 6.58. The van der Waals surface area contributed by atoms with Gasteiger partial charge in [-0.1, -0.05) is 13.3 Å². The van der Waals surface area contributed by atoms with Gasteiger partial charge in [0.15, 0.2) is 0 Å². The Hall–Kier alpha value is -0.120. The summed E-state index contributed by atoms with van der Waals surface area (Å²) in [5.74, 6) is 0. The van der Waals surface area contributed by atoms with Crippen molar-refractivity contribution in [3.63, 3.8) is 0 Å². The van der Waals surface area contributed by atoms with Crippen LogP contribution in [0.5, 0.6) is 0 Å². The summed E-state index contributed by atoms with van der Waals surface area (Å²) in [5, 5.41) is 8.63. The van der Waals surface area contributed by atoms with E-state index in [0.29, 0.717) is 13.0 Å². The molecule has 0 saturated carbocycles. The van der Waals surface area contributed by atoms with Gasteiger partial charge in [-0.15, -0.1) is 0 Å². The quantitative estimate of drug-likeness (QED) is 0.565. The van der Waals surface area contributed by atoms with Crippen LogP contribution in [0.3, 0.4) is 0 Å².